The van der Waals surface area contributed by atoms with Crippen LogP contribution in [0.1, 0.15) is 10.4 Å². The number of benzene rings is 1. The first-order chi connectivity index (χ1) is 9.61. The summed E-state index contributed by atoms with van der Waals surface area (Å²) in [6.07, 6.45) is -3.97. The number of alkyl halides is 3. The maximum atomic E-state index is 12.3. The van der Waals surface area contributed by atoms with Crippen molar-refractivity contribution >= 4 is 11.8 Å². The molecule has 0 unspecified atom stereocenters. The van der Waals surface area contributed by atoms with Gasteiger partial charge in [-0.05, 0) is 12.1 Å². The maximum Gasteiger partial charge on any atom is 0.573 e. The summed E-state index contributed by atoms with van der Waals surface area (Å²) >= 11 is 0. The van der Waals surface area contributed by atoms with Gasteiger partial charge in [0.1, 0.15) is 11.3 Å². The fourth-order valence-electron chi connectivity index (χ4n) is 1.48. The lowest BCUT2D eigenvalue weighted by Crippen LogP contribution is -2.21. The normalized spacial score (nSPS) is 12.0. The van der Waals surface area contributed by atoms with E-state index in [2.05, 4.69) is 4.74 Å². The molecule has 0 fully saturated rings. The van der Waals surface area contributed by atoms with Crippen molar-refractivity contribution in [3.63, 3.8) is 0 Å². The molecule has 1 aromatic carbocycles. The van der Waals surface area contributed by atoms with Gasteiger partial charge >= 0.3 is 12.3 Å². The molecule has 0 saturated heterocycles. The number of carboxylic acid groups (broad SMARTS) is 1. The van der Waals surface area contributed by atoms with E-state index in [9.17, 15) is 22.8 Å². The van der Waals surface area contributed by atoms with E-state index in [-0.39, 0.29) is 0 Å². The first-order valence-corrected chi connectivity index (χ1v) is 5.63. The molecule has 0 radical (unpaired) electrons. The van der Waals surface area contributed by atoms with E-state index in [1.807, 2.05) is 0 Å². The number of aliphatic carboxylic acids is 1. The Morgan fingerprint density at radius 3 is 2.29 bits per heavy atom. The first-order valence-electron chi connectivity index (χ1n) is 5.63. The van der Waals surface area contributed by atoms with Crippen molar-refractivity contribution in [3.05, 3.63) is 41.6 Å². The number of hydrogen-bond acceptors (Lipinski definition) is 4. The smallest absolute Gasteiger partial charge is 0.477 e. The molecule has 8 heteroatoms. The summed E-state index contributed by atoms with van der Waals surface area (Å²) in [6, 6.07) is 4.56. The number of ether oxygens (including phenoxy) is 1. The second kappa shape index (κ2) is 6.29. The molecule has 0 bridgehead atoms. The molecule has 0 saturated carbocycles. The van der Waals surface area contributed by atoms with Gasteiger partial charge in [-0.3, -0.25) is 4.79 Å². The lowest BCUT2D eigenvalue weighted by atomic mass is 10.0. The number of nitrogens with zero attached hydrogens (tertiary/aromatic N) is 1. The average Bonchev–Trinajstić information content (AvgIpc) is 2.33. The van der Waals surface area contributed by atoms with Crippen molar-refractivity contribution in [2.45, 2.75) is 6.36 Å². The van der Waals surface area contributed by atoms with Crippen LogP contribution in [-0.2, 0) is 4.79 Å². The van der Waals surface area contributed by atoms with Crippen LogP contribution >= 0.6 is 0 Å². The van der Waals surface area contributed by atoms with Gasteiger partial charge in [0.05, 0.1) is 5.56 Å². The van der Waals surface area contributed by atoms with Gasteiger partial charge < -0.3 is 14.7 Å². The highest BCUT2D eigenvalue weighted by atomic mass is 19.4. The van der Waals surface area contributed by atoms with Gasteiger partial charge in [-0.15, -0.1) is 13.2 Å². The zero-order valence-corrected chi connectivity index (χ0v) is 11.1. The topological polar surface area (TPSA) is 66.8 Å². The Balaban J connectivity index is 3.26. The Kier molecular flexibility index (Phi) is 4.96. The summed E-state index contributed by atoms with van der Waals surface area (Å²) in [5, 5.41) is 9.00. The zero-order valence-electron chi connectivity index (χ0n) is 11.1. The molecule has 0 spiro atoms. The SMILES string of the molecule is CN(C)/C=C(\C(=O)O)C(=O)c1ccccc1OC(F)(F)F. The Hall–Kier alpha value is -2.51. The van der Waals surface area contributed by atoms with Crippen LogP contribution in [-0.4, -0.2) is 42.2 Å². The van der Waals surface area contributed by atoms with Crippen LogP contribution in [0, 0.1) is 0 Å². The van der Waals surface area contributed by atoms with E-state index in [0.717, 1.165) is 18.3 Å². The van der Waals surface area contributed by atoms with Gasteiger partial charge in [0.25, 0.3) is 0 Å². The van der Waals surface area contributed by atoms with Gasteiger partial charge in [-0.1, -0.05) is 12.1 Å². The standard InChI is InChI=1S/C13H12F3NO4/c1-17(2)7-9(12(19)20)11(18)8-5-3-4-6-10(8)21-13(14,15)16/h3-7H,1-2H3,(H,19,20)/b9-7-. The monoisotopic (exact) mass is 303 g/mol. The summed E-state index contributed by atoms with van der Waals surface area (Å²) in [5.41, 5.74) is -1.15. The van der Waals surface area contributed by atoms with Gasteiger partial charge in [0.2, 0.25) is 5.78 Å². The first kappa shape index (κ1) is 16.5. The predicted octanol–water partition coefficient (Wildman–Crippen LogP) is 2.30. The number of hydrogen-bond donors (Lipinski definition) is 1. The number of Topliss-reactive ketones (excluding diaryl/α,β-unsaturated/α-hetero) is 1. The molecule has 0 aromatic heterocycles. The van der Waals surface area contributed by atoms with Crippen LogP contribution in [0.15, 0.2) is 36.0 Å². The number of halogens is 3. The zero-order chi connectivity index (χ0) is 16.2. The van der Waals surface area contributed by atoms with Crippen LogP contribution in [0.4, 0.5) is 13.2 Å². The summed E-state index contributed by atoms with van der Waals surface area (Å²) in [4.78, 5) is 24.5. The molecule has 0 aliphatic rings. The molecule has 0 atom stereocenters. The summed E-state index contributed by atoms with van der Waals surface area (Å²) in [7, 11) is 2.96. The lowest BCUT2D eigenvalue weighted by Gasteiger charge is -2.13. The van der Waals surface area contributed by atoms with Gasteiger partial charge in [0, 0.05) is 20.3 Å². The number of carboxylic acids is 1. The minimum atomic E-state index is -4.98. The van der Waals surface area contributed by atoms with Crippen molar-refractivity contribution in [1.82, 2.24) is 4.90 Å². The van der Waals surface area contributed by atoms with Crippen LogP contribution < -0.4 is 4.74 Å². The van der Waals surface area contributed by atoms with E-state index >= 15 is 0 Å². The Morgan fingerprint density at radius 2 is 1.81 bits per heavy atom. The maximum absolute atomic E-state index is 12.3. The fraction of sp³-hybridized carbons (Fsp3) is 0.231. The minimum absolute atomic E-state index is 0.481. The van der Waals surface area contributed by atoms with Gasteiger partial charge in [0.15, 0.2) is 0 Å². The molecular weight excluding hydrogens is 291 g/mol. The van der Waals surface area contributed by atoms with Crippen molar-refractivity contribution < 1.29 is 32.6 Å². The van der Waals surface area contributed by atoms with Crippen LogP contribution in [0.3, 0.4) is 0 Å². The van der Waals surface area contributed by atoms with Crippen molar-refractivity contribution in [2.24, 2.45) is 0 Å². The molecule has 114 valence electrons. The molecule has 0 aliphatic carbocycles. The number of carbonyl (C=O) groups is 2. The quantitative estimate of drug-likeness (QED) is 0.391. The third kappa shape index (κ3) is 4.83. The molecule has 1 aromatic rings. The summed E-state index contributed by atoms with van der Waals surface area (Å²) in [6.45, 7) is 0. The van der Waals surface area contributed by atoms with Crippen molar-refractivity contribution in [3.8, 4) is 5.75 Å². The summed E-state index contributed by atoms with van der Waals surface area (Å²) in [5.74, 6) is -3.37. The van der Waals surface area contributed by atoms with Gasteiger partial charge in [-0.2, -0.15) is 0 Å². The molecule has 0 amide bonds. The second-order valence-electron chi connectivity index (χ2n) is 4.18. The van der Waals surface area contributed by atoms with Gasteiger partial charge in [-0.25, -0.2) is 4.79 Å². The molecular formula is C13H12F3NO4. The average molecular weight is 303 g/mol. The molecule has 1 rings (SSSR count). The largest absolute Gasteiger partial charge is 0.573 e. The molecule has 21 heavy (non-hydrogen) atoms. The second-order valence-corrected chi connectivity index (χ2v) is 4.18. The lowest BCUT2D eigenvalue weighted by molar-refractivity contribution is -0.274. The third-order valence-corrected chi connectivity index (χ3v) is 2.22. The molecule has 0 heterocycles. The minimum Gasteiger partial charge on any atom is -0.477 e. The number of ketones is 1. The van der Waals surface area contributed by atoms with Crippen molar-refractivity contribution in [2.75, 3.05) is 14.1 Å². The number of rotatable bonds is 5. The fourth-order valence-corrected chi connectivity index (χ4v) is 1.48. The predicted molar refractivity (Wildman–Crippen MR) is 66.9 cm³/mol. The van der Waals surface area contributed by atoms with E-state index in [1.54, 1.807) is 0 Å². The van der Waals surface area contributed by atoms with E-state index < -0.39 is 35.0 Å². The highest BCUT2D eigenvalue weighted by Gasteiger charge is 2.33. The van der Waals surface area contributed by atoms with E-state index in [4.69, 9.17) is 5.11 Å². The highest BCUT2D eigenvalue weighted by molar-refractivity contribution is 6.24. The Labute approximate surface area is 118 Å². The third-order valence-electron chi connectivity index (χ3n) is 2.22. The van der Waals surface area contributed by atoms with Crippen molar-refractivity contribution in [1.29, 1.82) is 0 Å². The van der Waals surface area contributed by atoms with Crippen LogP contribution in [0.25, 0.3) is 0 Å². The Morgan fingerprint density at radius 1 is 1.24 bits per heavy atom. The summed E-state index contributed by atoms with van der Waals surface area (Å²) < 4.78 is 40.6. The van der Waals surface area contributed by atoms with Crippen LogP contribution in [0.5, 0.6) is 5.75 Å². The van der Waals surface area contributed by atoms with E-state index in [0.29, 0.717) is 0 Å². The van der Waals surface area contributed by atoms with Crippen LogP contribution in [0.2, 0.25) is 0 Å². The molecule has 5 nitrogen and oxygen atoms in total. The number of carbonyl (C=O) groups excluding carboxylic acids is 1. The highest BCUT2D eigenvalue weighted by Crippen LogP contribution is 2.27. The van der Waals surface area contributed by atoms with E-state index in [1.165, 1.54) is 31.1 Å². The number of para-hydroxylation sites is 1. The Bertz CT molecular complexity index is 579. The molecule has 1 N–H and O–H groups in total. The molecule has 0 aliphatic heterocycles.